The van der Waals surface area contributed by atoms with Gasteiger partial charge in [-0.15, -0.1) is 0 Å². The number of nitrogens with one attached hydrogen (secondary N) is 2. The number of aliphatic imine (C=N–C) groups is 1. The van der Waals surface area contributed by atoms with Crippen LogP contribution < -0.4 is 10.1 Å². The maximum absolute atomic E-state index is 5.93. The Kier molecular flexibility index (Phi) is 6.54. The van der Waals surface area contributed by atoms with Crippen LogP contribution in [0.2, 0.25) is 0 Å². The van der Waals surface area contributed by atoms with E-state index in [2.05, 4.69) is 69.4 Å². The number of aromatic nitrogens is 3. The van der Waals surface area contributed by atoms with Gasteiger partial charge in [0.15, 0.2) is 5.96 Å². The predicted molar refractivity (Wildman–Crippen MR) is 112 cm³/mol. The molecular weight excluding hydrogens is 352 g/mol. The Balaban J connectivity index is 1.43. The van der Waals surface area contributed by atoms with Crippen molar-refractivity contribution < 1.29 is 4.74 Å². The molecule has 2 N–H and O–H groups in total. The fourth-order valence-corrected chi connectivity index (χ4v) is 3.49. The van der Waals surface area contributed by atoms with Crippen LogP contribution in [0.5, 0.6) is 5.75 Å². The first kappa shape index (κ1) is 20.2. The van der Waals surface area contributed by atoms with Gasteiger partial charge < -0.3 is 15.0 Å². The van der Waals surface area contributed by atoms with Gasteiger partial charge in [0.25, 0.3) is 0 Å². The van der Waals surface area contributed by atoms with Crippen LogP contribution in [0.1, 0.15) is 50.9 Å². The molecule has 1 aromatic carbocycles. The molecule has 0 saturated carbocycles. The molecule has 7 nitrogen and oxygen atoms in total. The van der Waals surface area contributed by atoms with Crippen molar-refractivity contribution in [3.63, 3.8) is 0 Å². The summed E-state index contributed by atoms with van der Waals surface area (Å²) >= 11 is 0. The normalized spacial score (nSPS) is 16.3. The smallest absolute Gasteiger partial charge is 0.193 e. The van der Waals surface area contributed by atoms with E-state index in [1.165, 1.54) is 5.56 Å². The number of H-pyrrole nitrogens is 1. The molecule has 152 valence electrons. The summed E-state index contributed by atoms with van der Waals surface area (Å²) in [7, 11) is 1.83. The lowest BCUT2D eigenvalue weighted by atomic mass is 9.87. The molecule has 2 heterocycles. The molecule has 2 aromatic rings. The van der Waals surface area contributed by atoms with Crippen molar-refractivity contribution in [3.8, 4) is 5.75 Å². The molecule has 0 unspecified atom stereocenters. The highest BCUT2D eigenvalue weighted by molar-refractivity contribution is 5.79. The van der Waals surface area contributed by atoms with Crippen LogP contribution in [0.15, 0.2) is 35.6 Å². The number of hydrogen-bond acceptors (Lipinski definition) is 4. The summed E-state index contributed by atoms with van der Waals surface area (Å²) in [4.78, 5) is 11.0. The number of hydrogen-bond donors (Lipinski definition) is 2. The number of piperidine rings is 1. The second kappa shape index (κ2) is 9.08. The van der Waals surface area contributed by atoms with Gasteiger partial charge in [0.2, 0.25) is 0 Å². The van der Waals surface area contributed by atoms with Crippen LogP contribution in [-0.4, -0.2) is 59.3 Å². The zero-order valence-corrected chi connectivity index (χ0v) is 17.4. The molecule has 0 aliphatic carbocycles. The zero-order chi connectivity index (χ0) is 20.0. The second-order valence-electron chi connectivity index (χ2n) is 8.23. The van der Waals surface area contributed by atoms with Crippen molar-refractivity contribution in [1.29, 1.82) is 0 Å². The van der Waals surface area contributed by atoms with E-state index in [4.69, 9.17) is 4.74 Å². The second-order valence-corrected chi connectivity index (χ2v) is 8.23. The third kappa shape index (κ3) is 5.24. The summed E-state index contributed by atoms with van der Waals surface area (Å²) in [6.45, 7) is 9.87. The Hall–Kier alpha value is -2.57. The van der Waals surface area contributed by atoms with Crippen molar-refractivity contribution in [2.45, 2.75) is 44.9 Å². The van der Waals surface area contributed by atoms with Gasteiger partial charge in [-0.05, 0) is 36.0 Å². The van der Waals surface area contributed by atoms with Gasteiger partial charge in [0.05, 0.1) is 6.54 Å². The van der Waals surface area contributed by atoms with Crippen molar-refractivity contribution >= 4 is 5.96 Å². The van der Waals surface area contributed by atoms with Gasteiger partial charge in [-0.1, -0.05) is 32.9 Å². The number of aromatic amines is 1. The van der Waals surface area contributed by atoms with Gasteiger partial charge in [0, 0.05) is 26.1 Å². The molecule has 1 aliphatic rings. The SMILES string of the molecule is CN=C(NCCOc1cccc(C(C)(C)C)c1)N1CCC(c2ncn[nH]2)CC1. The Morgan fingerprint density at radius 1 is 1.32 bits per heavy atom. The van der Waals surface area contributed by atoms with Crippen LogP contribution in [0.25, 0.3) is 0 Å². The van der Waals surface area contributed by atoms with Crippen molar-refractivity contribution in [1.82, 2.24) is 25.4 Å². The van der Waals surface area contributed by atoms with Gasteiger partial charge in [0.1, 0.15) is 24.5 Å². The lowest BCUT2D eigenvalue weighted by Crippen LogP contribution is -2.46. The summed E-state index contributed by atoms with van der Waals surface area (Å²) in [6, 6.07) is 8.34. The lowest BCUT2D eigenvalue weighted by molar-refractivity contribution is 0.289. The van der Waals surface area contributed by atoms with Crippen molar-refractivity contribution in [3.05, 3.63) is 42.0 Å². The Morgan fingerprint density at radius 3 is 2.75 bits per heavy atom. The molecule has 3 rings (SSSR count). The molecule has 0 amide bonds. The van der Waals surface area contributed by atoms with Crippen LogP contribution in [0.3, 0.4) is 0 Å². The van der Waals surface area contributed by atoms with Crippen molar-refractivity contribution in [2.24, 2.45) is 4.99 Å². The summed E-state index contributed by atoms with van der Waals surface area (Å²) in [6.07, 6.45) is 3.68. The highest BCUT2D eigenvalue weighted by Crippen LogP contribution is 2.26. The first-order valence-electron chi connectivity index (χ1n) is 10.0. The maximum Gasteiger partial charge on any atom is 0.193 e. The van der Waals surface area contributed by atoms with E-state index < -0.39 is 0 Å². The minimum atomic E-state index is 0.123. The number of ether oxygens (including phenoxy) is 1. The molecule has 0 spiro atoms. The highest BCUT2D eigenvalue weighted by atomic mass is 16.5. The van der Waals surface area contributed by atoms with E-state index in [9.17, 15) is 0 Å². The quantitative estimate of drug-likeness (QED) is 0.471. The van der Waals surface area contributed by atoms with E-state index in [0.717, 1.165) is 43.5 Å². The predicted octanol–water partition coefficient (Wildman–Crippen LogP) is 2.94. The standard InChI is InChI=1S/C21H32N6O/c1-21(2,3)17-6-5-7-18(14-17)28-13-10-23-20(22-4)27-11-8-16(9-12-27)19-24-15-25-26-19/h5-7,14-16H,8-13H2,1-4H3,(H,22,23)(H,24,25,26). The Morgan fingerprint density at radius 2 is 2.11 bits per heavy atom. The molecule has 1 aliphatic heterocycles. The van der Waals surface area contributed by atoms with E-state index >= 15 is 0 Å². The third-order valence-electron chi connectivity index (χ3n) is 5.18. The average Bonchev–Trinajstić information content (AvgIpc) is 3.23. The van der Waals surface area contributed by atoms with E-state index in [1.807, 2.05) is 13.1 Å². The summed E-state index contributed by atoms with van der Waals surface area (Å²) < 4.78 is 5.93. The fourth-order valence-electron chi connectivity index (χ4n) is 3.49. The number of guanidine groups is 1. The van der Waals surface area contributed by atoms with Crippen LogP contribution in [0.4, 0.5) is 0 Å². The van der Waals surface area contributed by atoms with Gasteiger partial charge >= 0.3 is 0 Å². The molecule has 0 radical (unpaired) electrons. The fraction of sp³-hybridized carbons (Fsp3) is 0.571. The number of rotatable bonds is 5. The van der Waals surface area contributed by atoms with E-state index in [-0.39, 0.29) is 5.41 Å². The van der Waals surface area contributed by atoms with E-state index in [0.29, 0.717) is 19.1 Å². The van der Waals surface area contributed by atoms with Crippen LogP contribution in [0, 0.1) is 0 Å². The lowest BCUT2D eigenvalue weighted by Gasteiger charge is -2.33. The molecule has 7 heteroatoms. The largest absolute Gasteiger partial charge is 0.492 e. The van der Waals surface area contributed by atoms with Gasteiger partial charge in [-0.2, -0.15) is 5.10 Å². The summed E-state index contributed by atoms with van der Waals surface area (Å²) in [5, 5.41) is 10.4. The topological polar surface area (TPSA) is 78.4 Å². The molecule has 1 fully saturated rings. The number of likely N-dealkylation sites (tertiary alicyclic amines) is 1. The summed E-state index contributed by atoms with van der Waals surface area (Å²) in [5.74, 6) is 3.30. The molecule has 1 saturated heterocycles. The minimum Gasteiger partial charge on any atom is -0.492 e. The molecule has 1 aromatic heterocycles. The highest BCUT2D eigenvalue weighted by Gasteiger charge is 2.24. The number of benzene rings is 1. The first-order chi connectivity index (χ1) is 13.5. The maximum atomic E-state index is 5.93. The van der Waals surface area contributed by atoms with Crippen LogP contribution >= 0.6 is 0 Å². The Bertz CT molecular complexity index is 757. The molecular formula is C21H32N6O. The van der Waals surface area contributed by atoms with E-state index in [1.54, 1.807) is 6.33 Å². The first-order valence-corrected chi connectivity index (χ1v) is 10.0. The Labute approximate surface area is 167 Å². The number of nitrogens with zero attached hydrogens (tertiary/aromatic N) is 4. The van der Waals surface area contributed by atoms with Crippen molar-refractivity contribution in [2.75, 3.05) is 33.3 Å². The van der Waals surface area contributed by atoms with Gasteiger partial charge in [-0.25, -0.2) is 4.98 Å². The zero-order valence-electron chi connectivity index (χ0n) is 17.4. The minimum absolute atomic E-state index is 0.123. The molecule has 0 atom stereocenters. The molecule has 28 heavy (non-hydrogen) atoms. The summed E-state index contributed by atoms with van der Waals surface area (Å²) in [5.41, 5.74) is 1.40. The average molecular weight is 385 g/mol. The third-order valence-corrected chi connectivity index (χ3v) is 5.18. The molecule has 0 bridgehead atoms. The monoisotopic (exact) mass is 384 g/mol. The van der Waals surface area contributed by atoms with Gasteiger partial charge in [-0.3, -0.25) is 10.1 Å². The van der Waals surface area contributed by atoms with Crippen LogP contribution in [-0.2, 0) is 5.41 Å².